The largest absolute Gasteiger partial charge is 0.399 e. The first-order valence-electron chi connectivity index (χ1n) is 4.98. The maximum atomic E-state index is 5.67. The Hall–Kier alpha value is -2.20. The fraction of sp³-hybridized carbons (Fsp3) is 0. The van der Waals surface area contributed by atoms with Gasteiger partial charge in [0, 0.05) is 11.4 Å². The normalized spacial score (nSPS) is 9.81. The van der Waals surface area contributed by atoms with Crippen LogP contribution in [0.3, 0.4) is 0 Å². The third-order valence-electron chi connectivity index (χ3n) is 2.25. The summed E-state index contributed by atoms with van der Waals surface area (Å²) in [5, 5.41) is 3.25. The molecule has 0 aromatic heterocycles. The zero-order valence-corrected chi connectivity index (χ0v) is 8.77. The van der Waals surface area contributed by atoms with E-state index in [0.717, 1.165) is 17.1 Å². The standard InChI is InChI=1S/C12H14N4/c13-9-6-7-11(12(8-9)16-14)15-10-4-2-1-3-5-10/h1-8,15-16H,13-14H2. The molecule has 0 amide bonds. The summed E-state index contributed by atoms with van der Waals surface area (Å²) in [6, 6.07) is 15.4. The van der Waals surface area contributed by atoms with Crippen LogP contribution in [-0.4, -0.2) is 0 Å². The van der Waals surface area contributed by atoms with Gasteiger partial charge in [-0.25, -0.2) is 0 Å². The van der Waals surface area contributed by atoms with Gasteiger partial charge in [-0.3, -0.25) is 5.84 Å². The Morgan fingerprint density at radius 3 is 2.31 bits per heavy atom. The quantitative estimate of drug-likeness (QED) is 0.359. The molecule has 0 aliphatic rings. The molecule has 4 heteroatoms. The molecule has 2 aromatic rings. The van der Waals surface area contributed by atoms with E-state index in [-0.39, 0.29) is 0 Å². The lowest BCUT2D eigenvalue weighted by Crippen LogP contribution is -2.09. The molecule has 0 heterocycles. The highest BCUT2D eigenvalue weighted by Gasteiger charge is 2.01. The third kappa shape index (κ3) is 2.24. The first-order chi connectivity index (χ1) is 7.79. The second-order valence-electron chi connectivity index (χ2n) is 3.44. The lowest BCUT2D eigenvalue weighted by molar-refractivity contribution is 1.35. The van der Waals surface area contributed by atoms with Crippen molar-refractivity contribution in [3.05, 3.63) is 48.5 Å². The van der Waals surface area contributed by atoms with Crippen LogP contribution < -0.4 is 22.3 Å². The van der Waals surface area contributed by atoms with Crippen molar-refractivity contribution >= 4 is 22.7 Å². The van der Waals surface area contributed by atoms with Gasteiger partial charge in [-0.05, 0) is 30.3 Å². The summed E-state index contributed by atoms with van der Waals surface area (Å²) in [6.45, 7) is 0. The first-order valence-corrected chi connectivity index (χ1v) is 4.98. The fourth-order valence-electron chi connectivity index (χ4n) is 1.47. The lowest BCUT2D eigenvalue weighted by atomic mass is 10.2. The average Bonchev–Trinajstić information content (AvgIpc) is 2.33. The summed E-state index contributed by atoms with van der Waals surface area (Å²) in [6.07, 6.45) is 0. The van der Waals surface area contributed by atoms with Crippen LogP contribution in [0.4, 0.5) is 22.7 Å². The average molecular weight is 214 g/mol. The van der Waals surface area contributed by atoms with Crippen molar-refractivity contribution in [3.63, 3.8) is 0 Å². The van der Waals surface area contributed by atoms with E-state index in [4.69, 9.17) is 11.6 Å². The number of para-hydroxylation sites is 1. The molecule has 6 N–H and O–H groups in total. The SMILES string of the molecule is NNc1cc(N)ccc1Nc1ccccc1. The molecule has 16 heavy (non-hydrogen) atoms. The Morgan fingerprint density at radius 1 is 0.875 bits per heavy atom. The van der Waals surface area contributed by atoms with E-state index in [9.17, 15) is 0 Å². The summed E-state index contributed by atoms with van der Waals surface area (Å²) in [5.74, 6) is 5.43. The molecule has 0 spiro atoms. The second-order valence-corrected chi connectivity index (χ2v) is 3.44. The molecule has 2 rings (SSSR count). The van der Waals surface area contributed by atoms with Gasteiger partial charge in [-0.15, -0.1) is 0 Å². The van der Waals surface area contributed by atoms with Crippen molar-refractivity contribution in [1.82, 2.24) is 0 Å². The van der Waals surface area contributed by atoms with Crippen molar-refractivity contribution in [2.24, 2.45) is 5.84 Å². The summed E-state index contributed by atoms with van der Waals surface area (Å²) in [4.78, 5) is 0. The van der Waals surface area contributed by atoms with Gasteiger partial charge in [-0.2, -0.15) is 0 Å². The van der Waals surface area contributed by atoms with Gasteiger partial charge in [0.05, 0.1) is 11.4 Å². The van der Waals surface area contributed by atoms with E-state index in [1.807, 2.05) is 42.5 Å². The highest BCUT2D eigenvalue weighted by Crippen LogP contribution is 2.26. The molecule has 0 fully saturated rings. The number of nitrogen functional groups attached to an aromatic ring is 2. The predicted octanol–water partition coefficient (Wildman–Crippen LogP) is 2.30. The number of anilines is 4. The van der Waals surface area contributed by atoms with Crippen LogP contribution in [0.15, 0.2) is 48.5 Å². The molecular formula is C12H14N4. The zero-order chi connectivity index (χ0) is 11.4. The van der Waals surface area contributed by atoms with Gasteiger partial charge in [0.2, 0.25) is 0 Å². The maximum Gasteiger partial charge on any atom is 0.0742 e. The molecular weight excluding hydrogens is 200 g/mol. The predicted molar refractivity (Wildman–Crippen MR) is 68.4 cm³/mol. The number of hydrogen-bond donors (Lipinski definition) is 4. The monoisotopic (exact) mass is 214 g/mol. The molecule has 2 aromatic carbocycles. The third-order valence-corrected chi connectivity index (χ3v) is 2.25. The molecule has 82 valence electrons. The van der Waals surface area contributed by atoms with Crippen molar-refractivity contribution in [1.29, 1.82) is 0 Å². The van der Waals surface area contributed by atoms with Crippen LogP contribution in [0.1, 0.15) is 0 Å². The van der Waals surface area contributed by atoms with E-state index in [2.05, 4.69) is 10.7 Å². The van der Waals surface area contributed by atoms with E-state index in [0.29, 0.717) is 5.69 Å². The van der Waals surface area contributed by atoms with E-state index < -0.39 is 0 Å². The van der Waals surface area contributed by atoms with Gasteiger partial charge >= 0.3 is 0 Å². The second kappa shape index (κ2) is 4.55. The Balaban J connectivity index is 2.28. The van der Waals surface area contributed by atoms with Gasteiger partial charge in [0.15, 0.2) is 0 Å². The van der Waals surface area contributed by atoms with Crippen molar-refractivity contribution in [2.75, 3.05) is 16.5 Å². The highest BCUT2D eigenvalue weighted by molar-refractivity contribution is 5.76. The smallest absolute Gasteiger partial charge is 0.0742 e. The minimum Gasteiger partial charge on any atom is -0.399 e. The molecule has 0 unspecified atom stereocenters. The Labute approximate surface area is 94.2 Å². The lowest BCUT2D eigenvalue weighted by Gasteiger charge is -2.12. The molecule has 4 nitrogen and oxygen atoms in total. The number of hydrazine groups is 1. The van der Waals surface area contributed by atoms with Crippen LogP contribution >= 0.6 is 0 Å². The number of nitrogens with one attached hydrogen (secondary N) is 2. The number of nitrogens with two attached hydrogens (primary N) is 2. The Kier molecular flexibility index (Phi) is 2.93. The van der Waals surface area contributed by atoms with Gasteiger partial charge in [0.25, 0.3) is 0 Å². The topological polar surface area (TPSA) is 76.1 Å². The summed E-state index contributed by atoms with van der Waals surface area (Å²) < 4.78 is 0. The van der Waals surface area contributed by atoms with Crippen LogP contribution in [0, 0.1) is 0 Å². The van der Waals surface area contributed by atoms with Gasteiger partial charge in [-0.1, -0.05) is 18.2 Å². The van der Waals surface area contributed by atoms with Gasteiger partial charge in [0.1, 0.15) is 0 Å². The van der Waals surface area contributed by atoms with Crippen molar-refractivity contribution in [2.45, 2.75) is 0 Å². The fourth-order valence-corrected chi connectivity index (χ4v) is 1.47. The molecule has 0 aliphatic carbocycles. The molecule has 0 saturated carbocycles. The van der Waals surface area contributed by atoms with E-state index >= 15 is 0 Å². The Morgan fingerprint density at radius 2 is 1.62 bits per heavy atom. The molecule has 0 atom stereocenters. The molecule has 0 saturated heterocycles. The highest BCUT2D eigenvalue weighted by atomic mass is 15.2. The number of benzene rings is 2. The first kappa shape index (κ1) is 10.3. The van der Waals surface area contributed by atoms with Crippen molar-refractivity contribution < 1.29 is 0 Å². The molecule has 0 bridgehead atoms. The van der Waals surface area contributed by atoms with Crippen molar-refractivity contribution in [3.8, 4) is 0 Å². The molecule has 0 radical (unpaired) electrons. The van der Waals surface area contributed by atoms with Gasteiger partial charge < -0.3 is 16.5 Å². The van der Waals surface area contributed by atoms with Crippen LogP contribution in [0.5, 0.6) is 0 Å². The minimum atomic E-state index is 0.673. The van der Waals surface area contributed by atoms with Crippen LogP contribution in [0.25, 0.3) is 0 Å². The summed E-state index contributed by atoms with van der Waals surface area (Å²) >= 11 is 0. The Bertz CT molecular complexity index is 468. The maximum absolute atomic E-state index is 5.67. The number of rotatable bonds is 3. The van der Waals surface area contributed by atoms with Crippen LogP contribution in [0.2, 0.25) is 0 Å². The number of hydrogen-bond acceptors (Lipinski definition) is 4. The summed E-state index contributed by atoms with van der Waals surface area (Å²) in [7, 11) is 0. The molecule has 0 aliphatic heterocycles. The van der Waals surface area contributed by atoms with E-state index in [1.54, 1.807) is 6.07 Å². The van der Waals surface area contributed by atoms with Crippen LogP contribution in [-0.2, 0) is 0 Å². The summed E-state index contributed by atoms with van der Waals surface area (Å²) in [5.41, 5.74) is 11.6. The van der Waals surface area contributed by atoms with E-state index in [1.165, 1.54) is 0 Å². The zero-order valence-electron chi connectivity index (χ0n) is 8.77. The minimum absolute atomic E-state index is 0.673.